The summed E-state index contributed by atoms with van der Waals surface area (Å²) >= 11 is 0. The quantitative estimate of drug-likeness (QED) is 0.369. The summed E-state index contributed by atoms with van der Waals surface area (Å²) in [4.78, 5) is 12.1. The summed E-state index contributed by atoms with van der Waals surface area (Å²) in [7, 11) is 1.50. The molecular weight excluding hydrogens is 465 g/mol. The number of rotatable bonds is 8. The fourth-order valence-electron chi connectivity index (χ4n) is 3.34. The van der Waals surface area contributed by atoms with Crippen molar-refractivity contribution in [2.75, 3.05) is 13.9 Å². The minimum atomic E-state index is -4.47. The Hall–Kier alpha value is -4.21. The fourth-order valence-corrected chi connectivity index (χ4v) is 3.34. The number of methoxy groups -OCH3 is 1. The molecule has 0 bridgehead atoms. The minimum Gasteiger partial charge on any atom is -0.493 e. The summed E-state index contributed by atoms with van der Waals surface area (Å²) in [6.07, 6.45) is -3.31. The second kappa shape index (κ2) is 10.4. The van der Waals surface area contributed by atoms with E-state index >= 15 is 0 Å². The third kappa shape index (κ3) is 6.23. The molecule has 0 saturated carbocycles. The van der Waals surface area contributed by atoms with Gasteiger partial charge in [-0.05, 0) is 53.1 Å². The Bertz CT molecular complexity index is 1240. The molecule has 1 heterocycles. The van der Waals surface area contributed by atoms with Crippen molar-refractivity contribution in [2.45, 2.75) is 19.2 Å². The number of halogens is 3. The zero-order valence-corrected chi connectivity index (χ0v) is 18.6. The molecule has 1 amide bonds. The molecule has 3 aromatic rings. The highest BCUT2D eigenvalue weighted by Gasteiger charge is 2.30. The third-order valence-electron chi connectivity index (χ3n) is 5.04. The monoisotopic (exact) mass is 486 g/mol. The van der Waals surface area contributed by atoms with E-state index in [1.165, 1.54) is 25.5 Å². The van der Waals surface area contributed by atoms with Crippen LogP contribution in [-0.4, -0.2) is 26.0 Å². The van der Waals surface area contributed by atoms with Gasteiger partial charge in [0.15, 0.2) is 23.0 Å². The lowest BCUT2D eigenvalue weighted by Crippen LogP contribution is -2.20. The largest absolute Gasteiger partial charge is 0.493 e. The lowest BCUT2D eigenvalue weighted by molar-refractivity contribution is -0.137. The van der Waals surface area contributed by atoms with Crippen LogP contribution in [0, 0.1) is 0 Å². The average Bonchev–Trinajstić information content (AvgIpc) is 3.30. The van der Waals surface area contributed by atoms with E-state index in [1.54, 1.807) is 18.2 Å². The first-order valence-corrected chi connectivity index (χ1v) is 10.5. The van der Waals surface area contributed by atoms with Gasteiger partial charge < -0.3 is 18.9 Å². The molecule has 0 fully saturated rings. The smallest absolute Gasteiger partial charge is 0.416 e. The summed E-state index contributed by atoms with van der Waals surface area (Å²) in [5.74, 6) is 1.79. The zero-order valence-electron chi connectivity index (χ0n) is 18.6. The van der Waals surface area contributed by atoms with Crippen molar-refractivity contribution in [3.8, 4) is 23.0 Å². The van der Waals surface area contributed by atoms with Gasteiger partial charge in [-0.3, -0.25) is 4.79 Å². The van der Waals surface area contributed by atoms with Gasteiger partial charge in [-0.1, -0.05) is 24.3 Å². The van der Waals surface area contributed by atoms with E-state index < -0.39 is 17.6 Å². The molecule has 4 rings (SSSR count). The number of nitrogens with one attached hydrogen (secondary N) is 1. The molecule has 35 heavy (non-hydrogen) atoms. The number of nitrogens with zero attached hydrogens (tertiary/aromatic N) is 1. The van der Waals surface area contributed by atoms with Crippen molar-refractivity contribution in [3.63, 3.8) is 0 Å². The summed E-state index contributed by atoms with van der Waals surface area (Å²) < 4.78 is 60.3. The predicted octanol–water partition coefficient (Wildman–Crippen LogP) is 4.71. The van der Waals surface area contributed by atoms with E-state index in [4.69, 9.17) is 18.9 Å². The van der Waals surface area contributed by atoms with E-state index in [0.717, 1.165) is 17.7 Å². The van der Waals surface area contributed by atoms with E-state index in [0.29, 0.717) is 28.6 Å². The molecule has 1 aliphatic rings. The second-order valence-corrected chi connectivity index (χ2v) is 7.55. The van der Waals surface area contributed by atoms with E-state index in [2.05, 4.69) is 10.5 Å². The molecule has 0 aromatic heterocycles. The molecule has 1 aliphatic heterocycles. The molecule has 1 N–H and O–H groups in total. The number of carbonyl (C=O) groups excluding carboxylic acids is 1. The summed E-state index contributed by atoms with van der Waals surface area (Å²) in [5, 5.41) is 3.87. The molecule has 7 nitrogen and oxygen atoms in total. The number of hydrogen-bond donors (Lipinski definition) is 1. The Balaban J connectivity index is 1.33. The van der Waals surface area contributed by atoms with Crippen molar-refractivity contribution in [3.05, 3.63) is 82.9 Å². The van der Waals surface area contributed by atoms with E-state index in [-0.39, 0.29) is 25.4 Å². The normalized spacial score (nSPS) is 12.6. The molecule has 0 atom stereocenters. The fraction of sp³-hybridized carbons (Fsp3) is 0.200. The van der Waals surface area contributed by atoms with Gasteiger partial charge >= 0.3 is 6.18 Å². The maximum atomic E-state index is 12.8. The van der Waals surface area contributed by atoms with Gasteiger partial charge in [-0.2, -0.15) is 18.3 Å². The van der Waals surface area contributed by atoms with Crippen molar-refractivity contribution in [1.29, 1.82) is 0 Å². The first kappa shape index (κ1) is 23.9. The van der Waals surface area contributed by atoms with Crippen LogP contribution in [0.5, 0.6) is 23.0 Å². The molecule has 0 saturated heterocycles. The van der Waals surface area contributed by atoms with Crippen LogP contribution in [0.1, 0.15) is 22.3 Å². The number of ether oxygens (including phenoxy) is 4. The lowest BCUT2D eigenvalue weighted by Gasteiger charge is -2.11. The summed E-state index contributed by atoms with van der Waals surface area (Å²) in [5.41, 5.74) is 3.26. The van der Waals surface area contributed by atoms with Crippen LogP contribution in [0.25, 0.3) is 0 Å². The SMILES string of the molecule is COc1cc(/C=N/NC(=O)Cc2cccc(C(F)(F)F)c2)ccc1OCc1ccc2c(c1)OCO2. The number of alkyl halides is 3. The van der Waals surface area contributed by atoms with E-state index in [1.807, 2.05) is 18.2 Å². The molecule has 182 valence electrons. The summed E-state index contributed by atoms with van der Waals surface area (Å²) in [6.45, 7) is 0.480. The number of hydrazone groups is 1. The van der Waals surface area contributed by atoms with Crippen molar-refractivity contribution < 1.29 is 36.9 Å². The Kier molecular flexibility index (Phi) is 7.09. The molecular formula is C25H21F3N2O5. The standard InChI is InChI=1S/C25H21F3N2O5/c1-32-22-10-17(5-7-20(22)33-14-18-6-8-21-23(11-18)35-15-34-21)13-29-30-24(31)12-16-3-2-4-19(9-16)25(26,27)28/h2-11,13H,12,14-15H2,1H3,(H,30,31)/b29-13+. The van der Waals surface area contributed by atoms with Gasteiger partial charge in [0.2, 0.25) is 12.7 Å². The van der Waals surface area contributed by atoms with Crippen LogP contribution < -0.4 is 24.4 Å². The highest BCUT2D eigenvalue weighted by atomic mass is 19.4. The Morgan fingerprint density at radius 2 is 1.86 bits per heavy atom. The van der Waals surface area contributed by atoms with Gasteiger partial charge in [-0.15, -0.1) is 0 Å². The summed E-state index contributed by atoms with van der Waals surface area (Å²) in [6, 6.07) is 15.3. The highest BCUT2D eigenvalue weighted by molar-refractivity contribution is 5.84. The lowest BCUT2D eigenvalue weighted by atomic mass is 10.1. The van der Waals surface area contributed by atoms with Crippen LogP contribution in [-0.2, 0) is 24.0 Å². The van der Waals surface area contributed by atoms with Crippen LogP contribution in [0.3, 0.4) is 0 Å². The van der Waals surface area contributed by atoms with Gasteiger partial charge in [0, 0.05) is 0 Å². The maximum absolute atomic E-state index is 12.8. The average molecular weight is 486 g/mol. The number of carbonyl (C=O) groups is 1. The minimum absolute atomic E-state index is 0.197. The number of benzene rings is 3. The zero-order chi connectivity index (χ0) is 24.8. The number of amides is 1. The van der Waals surface area contributed by atoms with Gasteiger partial charge in [0.25, 0.3) is 0 Å². The highest BCUT2D eigenvalue weighted by Crippen LogP contribution is 2.34. The molecule has 0 spiro atoms. The molecule has 0 aliphatic carbocycles. The van der Waals surface area contributed by atoms with Crippen molar-refractivity contribution >= 4 is 12.1 Å². The topological polar surface area (TPSA) is 78.4 Å². The Morgan fingerprint density at radius 3 is 2.66 bits per heavy atom. The molecule has 3 aromatic carbocycles. The molecule has 10 heteroatoms. The Morgan fingerprint density at radius 1 is 1.03 bits per heavy atom. The predicted molar refractivity (Wildman–Crippen MR) is 121 cm³/mol. The van der Waals surface area contributed by atoms with E-state index in [9.17, 15) is 18.0 Å². The first-order chi connectivity index (χ1) is 16.8. The molecule has 0 unspecified atom stereocenters. The van der Waals surface area contributed by atoms with Crippen LogP contribution in [0.15, 0.2) is 65.8 Å². The van der Waals surface area contributed by atoms with Crippen LogP contribution in [0.2, 0.25) is 0 Å². The molecule has 0 radical (unpaired) electrons. The van der Waals surface area contributed by atoms with Crippen LogP contribution >= 0.6 is 0 Å². The number of fused-ring (bicyclic) bond motifs is 1. The number of hydrogen-bond acceptors (Lipinski definition) is 6. The second-order valence-electron chi connectivity index (χ2n) is 7.55. The first-order valence-electron chi connectivity index (χ1n) is 10.5. The van der Waals surface area contributed by atoms with Crippen molar-refractivity contribution in [1.82, 2.24) is 5.43 Å². The van der Waals surface area contributed by atoms with Gasteiger partial charge in [0.1, 0.15) is 6.61 Å². The van der Waals surface area contributed by atoms with Gasteiger partial charge in [-0.25, -0.2) is 5.43 Å². The Labute approximate surface area is 199 Å². The third-order valence-corrected chi connectivity index (χ3v) is 5.04. The van der Waals surface area contributed by atoms with Crippen LogP contribution in [0.4, 0.5) is 13.2 Å². The van der Waals surface area contributed by atoms with Gasteiger partial charge in [0.05, 0.1) is 25.3 Å². The van der Waals surface area contributed by atoms with Crippen molar-refractivity contribution in [2.24, 2.45) is 5.10 Å². The maximum Gasteiger partial charge on any atom is 0.416 e.